The smallest absolute Gasteiger partial charge is 0.258 e. The molecule has 1 amide bonds. The second kappa shape index (κ2) is 8.01. The number of ether oxygens (including phenoxy) is 1. The maximum atomic E-state index is 14.3. The van der Waals surface area contributed by atoms with Crippen molar-refractivity contribution in [1.29, 1.82) is 0 Å². The summed E-state index contributed by atoms with van der Waals surface area (Å²) in [7, 11) is 1.78. The Balaban J connectivity index is 1.75. The molecule has 1 N–H and O–H groups in total. The van der Waals surface area contributed by atoms with E-state index in [0.29, 0.717) is 22.2 Å². The monoisotopic (exact) mass is 373 g/mol. The van der Waals surface area contributed by atoms with Crippen molar-refractivity contribution < 1.29 is 13.9 Å². The molecule has 1 aromatic heterocycles. The summed E-state index contributed by atoms with van der Waals surface area (Å²) in [6.07, 6.45) is 3.33. The highest BCUT2D eigenvalue weighted by atomic mass is 35.5. The number of hydrogen-bond donors (Lipinski definition) is 1. The second-order valence-electron chi connectivity index (χ2n) is 5.66. The van der Waals surface area contributed by atoms with Crippen molar-refractivity contribution in [2.45, 2.75) is 6.04 Å². The summed E-state index contributed by atoms with van der Waals surface area (Å²) in [5.74, 6) is 0.231. The third-order valence-electron chi connectivity index (χ3n) is 3.82. The molecule has 3 aromatic rings. The topological polar surface area (TPSA) is 56.2 Å². The molecule has 134 valence electrons. The van der Waals surface area contributed by atoms with E-state index in [1.165, 1.54) is 6.07 Å². The van der Waals surface area contributed by atoms with Gasteiger partial charge in [-0.1, -0.05) is 29.8 Å². The zero-order chi connectivity index (χ0) is 18.5. The third kappa shape index (κ3) is 4.21. The first-order valence-corrected chi connectivity index (χ1v) is 8.32. The molecular formula is C19H17ClFN3O2. The minimum Gasteiger partial charge on any atom is -0.484 e. The van der Waals surface area contributed by atoms with Gasteiger partial charge in [-0.15, -0.1) is 0 Å². The number of amides is 1. The summed E-state index contributed by atoms with van der Waals surface area (Å²) >= 11 is 5.82. The molecule has 5 nitrogen and oxygen atoms in total. The SMILES string of the molecule is Cn1ccnc1C(NC(=O)COc1ccc(Cl)cc1)c1ccccc1F. The molecule has 7 heteroatoms. The van der Waals surface area contributed by atoms with Gasteiger partial charge in [0.2, 0.25) is 0 Å². The van der Waals surface area contributed by atoms with Crippen molar-refractivity contribution in [1.82, 2.24) is 14.9 Å². The Morgan fingerprint density at radius 3 is 2.65 bits per heavy atom. The van der Waals surface area contributed by atoms with Gasteiger partial charge in [0.25, 0.3) is 5.91 Å². The molecule has 0 aliphatic heterocycles. The van der Waals surface area contributed by atoms with Crippen LogP contribution in [0, 0.1) is 5.82 Å². The van der Waals surface area contributed by atoms with Crippen LogP contribution in [0.4, 0.5) is 4.39 Å². The Hall–Kier alpha value is -2.86. The summed E-state index contributed by atoms with van der Waals surface area (Å²) in [5, 5.41) is 3.37. The van der Waals surface area contributed by atoms with Crippen molar-refractivity contribution >= 4 is 17.5 Å². The van der Waals surface area contributed by atoms with Crippen molar-refractivity contribution in [3.8, 4) is 5.75 Å². The number of nitrogens with one attached hydrogen (secondary N) is 1. The van der Waals surface area contributed by atoms with Crippen LogP contribution in [0.2, 0.25) is 5.02 Å². The number of rotatable bonds is 6. The number of benzene rings is 2. The fourth-order valence-electron chi connectivity index (χ4n) is 2.53. The van der Waals surface area contributed by atoms with Crippen LogP contribution < -0.4 is 10.1 Å². The molecule has 1 heterocycles. The number of carbonyl (C=O) groups excluding carboxylic acids is 1. The third-order valence-corrected chi connectivity index (χ3v) is 4.07. The standard InChI is InChI=1S/C19H17ClFN3O2/c1-24-11-10-22-19(24)18(15-4-2-3-5-16(15)21)23-17(25)12-26-14-8-6-13(20)7-9-14/h2-11,18H,12H2,1H3,(H,23,25). The molecule has 2 aromatic carbocycles. The van der Waals surface area contributed by atoms with Crippen LogP contribution in [0.25, 0.3) is 0 Å². The van der Waals surface area contributed by atoms with Crippen LogP contribution in [-0.4, -0.2) is 22.1 Å². The highest BCUT2D eigenvalue weighted by Gasteiger charge is 2.23. The number of halogens is 2. The fourth-order valence-corrected chi connectivity index (χ4v) is 2.65. The maximum absolute atomic E-state index is 14.3. The van der Waals surface area contributed by atoms with E-state index in [9.17, 15) is 9.18 Å². The Kier molecular flexibility index (Phi) is 5.53. The summed E-state index contributed by atoms with van der Waals surface area (Å²) in [5.41, 5.74) is 0.335. The van der Waals surface area contributed by atoms with Gasteiger partial charge >= 0.3 is 0 Å². The first-order valence-electron chi connectivity index (χ1n) is 7.94. The predicted molar refractivity (Wildman–Crippen MR) is 96.5 cm³/mol. The molecule has 0 fully saturated rings. The van der Waals surface area contributed by atoms with Gasteiger partial charge in [0.05, 0.1) is 0 Å². The highest BCUT2D eigenvalue weighted by Crippen LogP contribution is 2.23. The van der Waals surface area contributed by atoms with E-state index < -0.39 is 17.8 Å². The summed E-state index contributed by atoms with van der Waals surface area (Å²) < 4.78 is 21.4. The van der Waals surface area contributed by atoms with Gasteiger partial charge in [0.1, 0.15) is 23.4 Å². The molecule has 1 unspecified atom stereocenters. The number of carbonyl (C=O) groups is 1. The molecule has 0 bridgehead atoms. The number of hydrogen-bond acceptors (Lipinski definition) is 3. The fraction of sp³-hybridized carbons (Fsp3) is 0.158. The van der Waals surface area contributed by atoms with E-state index in [4.69, 9.17) is 16.3 Å². The van der Waals surface area contributed by atoms with Gasteiger partial charge < -0.3 is 14.6 Å². The lowest BCUT2D eigenvalue weighted by Crippen LogP contribution is -2.35. The minimum absolute atomic E-state index is 0.211. The molecule has 0 aliphatic rings. The summed E-state index contributed by atoms with van der Waals surface area (Å²) in [6, 6.07) is 12.2. The molecule has 0 aliphatic carbocycles. The van der Waals surface area contributed by atoms with Gasteiger partial charge in [0.15, 0.2) is 6.61 Å². The predicted octanol–water partition coefficient (Wildman–Crippen LogP) is 3.50. The van der Waals surface area contributed by atoms with E-state index in [2.05, 4.69) is 10.3 Å². The number of aromatic nitrogens is 2. The summed E-state index contributed by atoms with van der Waals surface area (Å²) in [6.45, 7) is -0.211. The second-order valence-corrected chi connectivity index (χ2v) is 6.10. The van der Waals surface area contributed by atoms with Crippen molar-refractivity contribution in [3.05, 3.63) is 83.2 Å². The zero-order valence-corrected chi connectivity index (χ0v) is 14.8. The number of imidazole rings is 1. The molecule has 26 heavy (non-hydrogen) atoms. The molecule has 0 radical (unpaired) electrons. The first-order chi connectivity index (χ1) is 12.5. The van der Waals surface area contributed by atoms with Crippen molar-refractivity contribution in [2.24, 2.45) is 7.05 Å². The van der Waals surface area contributed by atoms with Crippen LogP contribution in [0.1, 0.15) is 17.4 Å². The van der Waals surface area contributed by atoms with E-state index in [0.717, 1.165) is 0 Å². The van der Waals surface area contributed by atoms with Crippen molar-refractivity contribution in [3.63, 3.8) is 0 Å². The normalized spacial score (nSPS) is 11.8. The zero-order valence-electron chi connectivity index (χ0n) is 14.0. The van der Waals surface area contributed by atoms with Crippen molar-refractivity contribution in [2.75, 3.05) is 6.61 Å². The van der Waals surface area contributed by atoms with E-state index in [1.807, 2.05) is 0 Å². The Labute approximate surface area is 155 Å². The first kappa shape index (κ1) is 17.9. The lowest BCUT2D eigenvalue weighted by Gasteiger charge is -2.20. The average Bonchev–Trinajstić information content (AvgIpc) is 3.06. The van der Waals surface area contributed by atoms with E-state index >= 15 is 0 Å². The van der Waals surface area contributed by atoms with Crippen LogP contribution in [-0.2, 0) is 11.8 Å². The highest BCUT2D eigenvalue weighted by molar-refractivity contribution is 6.30. The summed E-state index contributed by atoms with van der Waals surface area (Å²) in [4.78, 5) is 16.6. The van der Waals surface area contributed by atoms with Gasteiger partial charge in [-0.05, 0) is 30.3 Å². The quantitative estimate of drug-likeness (QED) is 0.719. The van der Waals surface area contributed by atoms with Crippen LogP contribution in [0.5, 0.6) is 5.75 Å². The van der Waals surface area contributed by atoms with Crippen LogP contribution in [0.15, 0.2) is 60.9 Å². The van der Waals surface area contributed by atoms with Gasteiger partial charge in [-0.25, -0.2) is 9.37 Å². The Morgan fingerprint density at radius 2 is 2.00 bits per heavy atom. The van der Waals surface area contributed by atoms with Crippen LogP contribution in [0.3, 0.4) is 0 Å². The average molecular weight is 374 g/mol. The van der Waals surface area contributed by atoms with E-state index in [1.54, 1.807) is 66.5 Å². The van der Waals surface area contributed by atoms with Crippen LogP contribution >= 0.6 is 11.6 Å². The molecular weight excluding hydrogens is 357 g/mol. The molecule has 0 saturated heterocycles. The van der Waals surface area contributed by atoms with Gasteiger partial charge in [-0.2, -0.15) is 0 Å². The maximum Gasteiger partial charge on any atom is 0.258 e. The minimum atomic E-state index is -0.725. The Bertz CT molecular complexity index is 896. The molecule has 0 spiro atoms. The van der Waals surface area contributed by atoms with Gasteiger partial charge in [-0.3, -0.25) is 4.79 Å². The lowest BCUT2D eigenvalue weighted by molar-refractivity contribution is -0.123. The number of aryl methyl sites for hydroxylation is 1. The molecule has 0 saturated carbocycles. The Morgan fingerprint density at radius 1 is 1.27 bits per heavy atom. The molecule has 3 rings (SSSR count). The molecule has 1 atom stereocenters. The largest absolute Gasteiger partial charge is 0.484 e. The number of nitrogens with zero attached hydrogens (tertiary/aromatic N) is 2. The van der Waals surface area contributed by atoms with Gasteiger partial charge in [0, 0.05) is 30.0 Å². The lowest BCUT2D eigenvalue weighted by atomic mass is 10.1. The van der Waals surface area contributed by atoms with E-state index in [-0.39, 0.29) is 6.61 Å².